The van der Waals surface area contributed by atoms with Gasteiger partial charge in [0.25, 0.3) is 15.9 Å². The number of halogens is 1. The van der Waals surface area contributed by atoms with Crippen molar-refractivity contribution in [2.45, 2.75) is 31.6 Å². The molecule has 1 fully saturated rings. The zero-order chi connectivity index (χ0) is 18.1. The maximum atomic E-state index is 12.2. The van der Waals surface area contributed by atoms with Crippen LogP contribution in [0, 0.1) is 17.8 Å². The largest absolute Gasteiger partial charge is 0.298 e. The van der Waals surface area contributed by atoms with Crippen LogP contribution in [0.1, 0.15) is 26.7 Å². The van der Waals surface area contributed by atoms with Crippen molar-refractivity contribution in [3.63, 3.8) is 0 Å². The van der Waals surface area contributed by atoms with Gasteiger partial charge in [0.15, 0.2) is 17.5 Å². The first-order valence-corrected chi connectivity index (χ1v) is 9.35. The Hall–Kier alpha value is -1.73. The molecule has 0 radical (unpaired) electrons. The Morgan fingerprint density at radius 1 is 1.12 bits per heavy atom. The van der Waals surface area contributed by atoms with Crippen LogP contribution in [0.4, 0.5) is 0 Å². The molecule has 2 rings (SSSR count). The van der Waals surface area contributed by atoms with Crippen LogP contribution in [0.25, 0.3) is 0 Å². The fourth-order valence-corrected chi connectivity index (χ4v) is 3.75. The lowest BCUT2D eigenvalue weighted by Gasteiger charge is -2.27. The molecule has 1 aromatic carbocycles. The summed E-state index contributed by atoms with van der Waals surface area (Å²) in [6, 6.07) is 5.20. The van der Waals surface area contributed by atoms with E-state index in [1.54, 1.807) is 0 Å². The Morgan fingerprint density at radius 2 is 1.62 bits per heavy atom. The Kier molecular flexibility index (Phi) is 5.45. The van der Waals surface area contributed by atoms with E-state index in [-0.39, 0.29) is 29.6 Å². The van der Waals surface area contributed by atoms with Gasteiger partial charge in [-0.3, -0.25) is 14.4 Å². The van der Waals surface area contributed by atoms with Crippen molar-refractivity contribution in [1.29, 1.82) is 0 Å². The third-order valence-corrected chi connectivity index (χ3v) is 5.75. The lowest BCUT2D eigenvalue weighted by molar-refractivity contribution is -0.144. The van der Waals surface area contributed by atoms with Crippen LogP contribution in [-0.2, 0) is 24.4 Å². The van der Waals surface area contributed by atoms with Crippen molar-refractivity contribution in [3.8, 4) is 0 Å². The first kappa shape index (κ1) is 18.6. The molecule has 0 aliphatic heterocycles. The molecule has 6 nitrogen and oxygen atoms in total. The number of carbonyl (C=O) groups is 3. The van der Waals surface area contributed by atoms with Gasteiger partial charge in [0.2, 0.25) is 0 Å². The van der Waals surface area contributed by atoms with Gasteiger partial charge in [-0.15, -0.1) is 0 Å². The smallest absolute Gasteiger partial charge is 0.264 e. The van der Waals surface area contributed by atoms with Crippen LogP contribution in [0.5, 0.6) is 0 Å². The zero-order valence-electron chi connectivity index (χ0n) is 13.3. The second-order valence-electron chi connectivity index (χ2n) is 6.20. The third kappa shape index (κ3) is 4.02. The standard InChI is InChI=1S/C16H18ClNO5S/c1-9(2)10-7-13(19)15(14(20)8-10)16(21)18-24(22,23)12-5-3-11(17)4-6-12/h3-6,9-10,15H,7-8H2,1-2H3,(H,18,21). The van der Waals surface area contributed by atoms with E-state index in [9.17, 15) is 22.8 Å². The molecule has 0 bridgehead atoms. The summed E-state index contributed by atoms with van der Waals surface area (Å²) in [5.41, 5.74) is 0. The summed E-state index contributed by atoms with van der Waals surface area (Å²) >= 11 is 5.70. The van der Waals surface area contributed by atoms with Crippen LogP contribution in [0.15, 0.2) is 29.2 Å². The van der Waals surface area contributed by atoms with Gasteiger partial charge in [-0.25, -0.2) is 13.1 Å². The molecule has 1 saturated carbocycles. The number of ketones is 2. The molecule has 0 aromatic heterocycles. The third-order valence-electron chi connectivity index (χ3n) is 4.13. The van der Waals surface area contributed by atoms with Crippen molar-refractivity contribution < 1.29 is 22.8 Å². The van der Waals surface area contributed by atoms with E-state index in [0.29, 0.717) is 5.02 Å². The molecule has 0 atom stereocenters. The minimum Gasteiger partial charge on any atom is -0.298 e. The molecule has 0 saturated heterocycles. The van der Waals surface area contributed by atoms with Crippen molar-refractivity contribution in [2.24, 2.45) is 17.8 Å². The number of hydrogen-bond acceptors (Lipinski definition) is 5. The molecule has 1 aliphatic carbocycles. The number of carbonyl (C=O) groups excluding carboxylic acids is 3. The molecule has 1 N–H and O–H groups in total. The molecule has 0 spiro atoms. The SMILES string of the molecule is CC(C)C1CC(=O)C(C(=O)NS(=O)(=O)c2ccc(Cl)cc2)C(=O)C1. The minimum atomic E-state index is -4.16. The molecule has 0 unspecified atom stereocenters. The number of benzene rings is 1. The van der Waals surface area contributed by atoms with Gasteiger partial charge < -0.3 is 0 Å². The summed E-state index contributed by atoms with van der Waals surface area (Å²) in [6.45, 7) is 3.80. The number of amides is 1. The van der Waals surface area contributed by atoms with Crippen LogP contribution in [-0.4, -0.2) is 25.9 Å². The fraction of sp³-hybridized carbons (Fsp3) is 0.438. The summed E-state index contributed by atoms with van der Waals surface area (Å²) in [7, 11) is -4.16. The maximum Gasteiger partial charge on any atom is 0.264 e. The van der Waals surface area contributed by atoms with E-state index >= 15 is 0 Å². The van der Waals surface area contributed by atoms with Gasteiger partial charge in [0, 0.05) is 17.9 Å². The van der Waals surface area contributed by atoms with Gasteiger partial charge >= 0.3 is 0 Å². The van der Waals surface area contributed by atoms with E-state index in [1.165, 1.54) is 24.3 Å². The monoisotopic (exact) mass is 371 g/mol. The van der Waals surface area contributed by atoms with E-state index in [0.717, 1.165) is 0 Å². The average molecular weight is 372 g/mol. The highest BCUT2D eigenvalue weighted by molar-refractivity contribution is 7.90. The lowest BCUT2D eigenvalue weighted by atomic mass is 9.75. The van der Waals surface area contributed by atoms with Gasteiger partial charge in [-0.1, -0.05) is 25.4 Å². The Bertz CT molecular complexity index is 752. The van der Waals surface area contributed by atoms with Gasteiger partial charge in [0.1, 0.15) is 0 Å². The summed E-state index contributed by atoms with van der Waals surface area (Å²) in [6.07, 6.45) is 0.199. The number of hydrogen-bond donors (Lipinski definition) is 1. The van der Waals surface area contributed by atoms with Crippen molar-refractivity contribution >= 4 is 39.1 Å². The first-order chi connectivity index (χ1) is 11.1. The Labute approximate surface area is 145 Å². The van der Waals surface area contributed by atoms with Gasteiger partial charge in [-0.2, -0.15) is 0 Å². The van der Waals surface area contributed by atoms with Crippen molar-refractivity contribution in [3.05, 3.63) is 29.3 Å². The van der Waals surface area contributed by atoms with E-state index < -0.39 is 33.4 Å². The van der Waals surface area contributed by atoms with Crippen molar-refractivity contribution in [1.82, 2.24) is 4.72 Å². The van der Waals surface area contributed by atoms with Crippen LogP contribution in [0.2, 0.25) is 5.02 Å². The van der Waals surface area contributed by atoms with Gasteiger partial charge in [0.05, 0.1) is 4.90 Å². The highest BCUT2D eigenvalue weighted by Crippen LogP contribution is 2.29. The predicted molar refractivity (Wildman–Crippen MR) is 87.8 cm³/mol. The summed E-state index contributed by atoms with van der Waals surface area (Å²) in [5.74, 6) is -3.69. The predicted octanol–water partition coefficient (Wildman–Crippen LogP) is 1.97. The molecule has 0 heterocycles. The van der Waals surface area contributed by atoms with Crippen LogP contribution >= 0.6 is 11.6 Å². The van der Waals surface area contributed by atoms with E-state index in [2.05, 4.69) is 0 Å². The average Bonchev–Trinajstić information content (AvgIpc) is 2.46. The molecule has 130 valence electrons. The van der Waals surface area contributed by atoms with E-state index in [1.807, 2.05) is 18.6 Å². The second-order valence-corrected chi connectivity index (χ2v) is 8.32. The summed E-state index contributed by atoms with van der Waals surface area (Å²) in [4.78, 5) is 36.3. The topological polar surface area (TPSA) is 97.4 Å². The highest BCUT2D eigenvalue weighted by atomic mass is 35.5. The first-order valence-electron chi connectivity index (χ1n) is 7.49. The number of nitrogens with one attached hydrogen (secondary N) is 1. The zero-order valence-corrected chi connectivity index (χ0v) is 14.9. The van der Waals surface area contributed by atoms with Crippen LogP contribution < -0.4 is 4.72 Å². The molecular weight excluding hydrogens is 354 g/mol. The number of rotatable bonds is 4. The Morgan fingerprint density at radius 3 is 2.08 bits per heavy atom. The lowest BCUT2D eigenvalue weighted by Crippen LogP contribution is -2.46. The molecule has 1 aromatic rings. The quantitative estimate of drug-likeness (QED) is 0.816. The molecule has 24 heavy (non-hydrogen) atoms. The maximum absolute atomic E-state index is 12.2. The number of Topliss-reactive ketones (excluding diaryl/α,β-unsaturated/α-hetero) is 2. The summed E-state index contributed by atoms with van der Waals surface area (Å²) in [5, 5.41) is 0.345. The van der Waals surface area contributed by atoms with Gasteiger partial charge in [-0.05, 0) is 36.1 Å². The fourth-order valence-electron chi connectivity index (χ4n) is 2.63. The molecule has 1 aliphatic rings. The highest BCUT2D eigenvalue weighted by Gasteiger charge is 2.42. The minimum absolute atomic E-state index is 0.0997. The number of sulfonamides is 1. The molecule has 1 amide bonds. The van der Waals surface area contributed by atoms with Crippen molar-refractivity contribution in [2.75, 3.05) is 0 Å². The second kappa shape index (κ2) is 7.03. The normalized spacial score (nSPS) is 21.8. The van der Waals surface area contributed by atoms with Crippen LogP contribution in [0.3, 0.4) is 0 Å². The van der Waals surface area contributed by atoms with E-state index in [4.69, 9.17) is 11.6 Å². The molecule has 8 heteroatoms. The molecular formula is C16H18ClNO5S. The summed E-state index contributed by atoms with van der Waals surface area (Å²) < 4.78 is 26.2. The Balaban J connectivity index is 2.16.